The van der Waals surface area contributed by atoms with E-state index in [2.05, 4.69) is 16.7 Å². The largest absolute Gasteiger partial charge is 0.283 e. The van der Waals surface area contributed by atoms with Gasteiger partial charge < -0.3 is 0 Å². The number of rotatable bonds is 12. The Morgan fingerprint density at radius 3 is 1.94 bits per heavy atom. The van der Waals surface area contributed by atoms with Crippen LogP contribution in [0.25, 0.3) is 0 Å². The molecule has 17 heavy (non-hydrogen) atoms. The molecule has 0 saturated carbocycles. The van der Waals surface area contributed by atoms with E-state index in [1.165, 1.54) is 32.1 Å². The van der Waals surface area contributed by atoms with Crippen LogP contribution >= 0.6 is 0 Å². The zero-order valence-corrected chi connectivity index (χ0v) is 12.0. The molecule has 4 nitrogen and oxygen atoms in total. The van der Waals surface area contributed by atoms with Crippen molar-refractivity contribution >= 4 is 10.1 Å². The van der Waals surface area contributed by atoms with Crippen molar-refractivity contribution in [3.63, 3.8) is 0 Å². The van der Waals surface area contributed by atoms with E-state index < -0.39 is 10.1 Å². The predicted octanol–water partition coefficient (Wildman–Crippen LogP) is 3.00. The van der Waals surface area contributed by atoms with E-state index in [1.54, 1.807) is 6.92 Å². The molecular formula is C12H27NO3S. The molecule has 1 N–H and O–H groups in total. The minimum atomic E-state index is -3.36. The van der Waals surface area contributed by atoms with Crippen LogP contribution in [0.4, 0.5) is 0 Å². The Bertz CT molecular complexity index is 252. The van der Waals surface area contributed by atoms with E-state index in [-0.39, 0.29) is 5.75 Å². The molecule has 0 aliphatic heterocycles. The molecule has 0 aliphatic carbocycles. The number of unbranched alkanes of at least 4 members (excludes halogenated alkanes) is 7. The van der Waals surface area contributed by atoms with Crippen molar-refractivity contribution in [1.82, 2.24) is 5.48 Å². The molecule has 0 heterocycles. The third-order valence-corrected chi connectivity index (χ3v) is 3.74. The molecule has 5 heteroatoms. The number of hydrogen-bond donors (Lipinski definition) is 1. The van der Waals surface area contributed by atoms with Gasteiger partial charge in [0.1, 0.15) is 0 Å². The lowest BCUT2D eigenvalue weighted by molar-refractivity contribution is 0.210. The summed E-state index contributed by atoms with van der Waals surface area (Å²) in [4.78, 5) is 0. The Hall–Kier alpha value is -0.130. The van der Waals surface area contributed by atoms with E-state index in [1.807, 2.05) is 0 Å². The first-order valence-electron chi connectivity index (χ1n) is 6.76. The summed E-state index contributed by atoms with van der Waals surface area (Å²) in [6, 6.07) is 0. The lowest BCUT2D eigenvalue weighted by Gasteiger charge is -2.04. The standard InChI is InChI=1S/C12H27NO3S/c1-3-5-6-7-8-9-10-11-12-17(14,15)16-13-4-2/h13H,3-12H2,1-2H3. The molecule has 0 aromatic rings. The van der Waals surface area contributed by atoms with Gasteiger partial charge in [0.2, 0.25) is 0 Å². The van der Waals surface area contributed by atoms with Gasteiger partial charge in [-0.25, -0.2) is 0 Å². The SMILES string of the molecule is CCCCCCCCCCS(=O)(=O)ONCC. The van der Waals surface area contributed by atoms with Gasteiger partial charge in [-0.3, -0.25) is 0 Å². The van der Waals surface area contributed by atoms with Gasteiger partial charge in [-0.2, -0.15) is 18.2 Å². The first kappa shape index (κ1) is 16.9. The van der Waals surface area contributed by atoms with Gasteiger partial charge in [-0.05, 0) is 6.42 Å². The van der Waals surface area contributed by atoms with Crippen LogP contribution in [0.15, 0.2) is 0 Å². The molecule has 0 saturated heterocycles. The maximum Gasteiger partial charge on any atom is 0.283 e. The van der Waals surface area contributed by atoms with Gasteiger partial charge in [-0.15, -0.1) is 0 Å². The quantitative estimate of drug-likeness (QED) is 0.435. The summed E-state index contributed by atoms with van der Waals surface area (Å²) >= 11 is 0. The molecule has 0 fully saturated rings. The minimum absolute atomic E-state index is 0.120. The maximum atomic E-state index is 11.3. The van der Waals surface area contributed by atoms with Crippen LogP contribution < -0.4 is 5.48 Å². The van der Waals surface area contributed by atoms with Gasteiger partial charge in [0.05, 0.1) is 5.75 Å². The maximum absolute atomic E-state index is 11.3. The van der Waals surface area contributed by atoms with Crippen molar-refractivity contribution in [2.75, 3.05) is 12.3 Å². The van der Waals surface area contributed by atoms with E-state index >= 15 is 0 Å². The van der Waals surface area contributed by atoms with Crippen molar-refractivity contribution in [3.05, 3.63) is 0 Å². The fraction of sp³-hybridized carbons (Fsp3) is 1.00. The molecule has 0 unspecified atom stereocenters. The summed E-state index contributed by atoms with van der Waals surface area (Å²) in [6.07, 6.45) is 9.16. The fourth-order valence-corrected chi connectivity index (χ4v) is 2.54. The Balaban J connectivity index is 3.32. The van der Waals surface area contributed by atoms with E-state index in [0.29, 0.717) is 13.0 Å². The third kappa shape index (κ3) is 12.1. The first-order chi connectivity index (χ1) is 8.12. The van der Waals surface area contributed by atoms with Gasteiger partial charge >= 0.3 is 0 Å². The Morgan fingerprint density at radius 2 is 1.41 bits per heavy atom. The normalized spacial score (nSPS) is 11.9. The molecule has 104 valence electrons. The molecule has 0 bridgehead atoms. The number of nitrogens with one attached hydrogen (secondary N) is 1. The van der Waals surface area contributed by atoms with Crippen molar-refractivity contribution in [2.24, 2.45) is 0 Å². The molecule has 0 atom stereocenters. The lowest BCUT2D eigenvalue weighted by Crippen LogP contribution is -2.21. The molecule has 0 aromatic carbocycles. The van der Waals surface area contributed by atoms with Crippen LogP contribution in [0, 0.1) is 0 Å². The van der Waals surface area contributed by atoms with Crippen LogP contribution in [0.2, 0.25) is 0 Å². The topological polar surface area (TPSA) is 55.4 Å². The Kier molecular flexibility index (Phi) is 10.9. The highest BCUT2D eigenvalue weighted by atomic mass is 32.2. The van der Waals surface area contributed by atoms with Crippen LogP contribution in [-0.4, -0.2) is 20.7 Å². The van der Waals surface area contributed by atoms with E-state index in [9.17, 15) is 8.42 Å². The molecule has 0 radical (unpaired) electrons. The molecule has 0 aliphatic rings. The molecule has 0 rings (SSSR count). The van der Waals surface area contributed by atoms with Crippen molar-refractivity contribution in [2.45, 2.75) is 65.2 Å². The van der Waals surface area contributed by atoms with Gasteiger partial charge in [-0.1, -0.05) is 58.8 Å². The second-order valence-electron chi connectivity index (χ2n) is 4.32. The number of hydrogen-bond acceptors (Lipinski definition) is 4. The first-order valence-corrected chi connectivity index (χ1v) is 8.34. The zero-order chi connectivity index (χ0) is 13.0. The fourth-order valence-electron chi connectivity index (χ4n) is 1.60. The predicted molar refractivity (Wildman–Crippen MR) is 71.2 cm³/mol. The van der Waals surface area contributed by atoms with Crippen molar-refractivity contribution < 1.29 is 12.7 Å². The molecular weight excluding hydrogens is 238 g/mol. The second-order valence-corrected chi connectivity index (χ2v) is 6.01. The summed E-state index contributed by atoms with van der Waals surface area (Å²) in [6.45, 7) is 4.50. The van der Waals surface area contributed by atoms with Gasteiger partial charge in [0.25, 0.3) is 10.1 Å². The smallest absolute Gasteiger partial charge is 0.198 e. The molecule has 0 spiro atoms. The van der Waals surface area contributed by atoms with Crippen LogP contribution in [0.1, 0.15) is 65.2 Å². The Labute approximate surface area is 106 Å². The van der Waals surface area contributed by atoms with E-state index in [4.69, 9.17) is 0 Å². The van der Waals surface area contributed by atoms with Crippen LogP contribution in [-0.2, 0) is 14.4 Å². The average Bonchev–Trinajstić information content (AvgIpc) is 2.30. The van der Waals surface area contributed by atoms with E-state index in [0.717, 1.165) is 12.8 Å². The average molecular weight is 265 g/mol. The van der Waals surface area contributed by atoms with Crippen LogP contribution in [0.5, 0.6) is 0 Å². The third-order valence-electron chi connectivity index (χ3n) is 2.58. The van der Waals surface area contributed by atoms with Crippen molar-refractivity contribution in [1.29, 1.82) is 0 Å². The monoisotopic (exact) mass is 265 g/mol. The van der Waals surface area contributed by atoms with Crippen LogP contribution in [0.3, 0.4) is 0 Å². The molecule has 0 amide bonds. The number of hydroxylamine groups is 1. The highest BCUT2D eigenvalue weighted by Gasteiger charge is 2.09. The van der Waals surface area contributed by atoms with Gasteiger partial charge in [0.15, 0.2) is 0 Å². The minimum Gasteiger partial charge on any atom is -0.198 e. The molecule has 0 aromatic heterocycles. The van der Waals surface area contributed by atoms with Gasteiger partial charge in [0, 0.05) is 6.54 Å². The highest BCUT2D eigenvalue weighted by Crippen LogP contribution is 2.09. The summed E-state index contributed by atoms with van der Waals surface area (Å²) < 4.78 is 27.1. The second kappa shape index (κ2) is 11.0. The zero-order valence-electron chi connectivity index (χ0n) is 11.2. The summed E-state index contributed by atoms with van der Waals surface area (Å²) in [7, 11) is -3.36. The summed E-state index contributed by atoms with van der Waals surface area (Å²) in [5.74, 6) is 0.120. The highest BCUT2D eigenvalue weighted by molar-refractivity contribution is 7.86. The summed E-state index contributed by atoms with van der Waals surface area (Å²) in [5.41, 5.74) is 2.38. The summed E-state index contributed by atoms with van der Waals surface area (Å²) in [5, 5.41) is 0. The lowest BCUT2D eigenvalue weighted by atomic mass is 10.1. The Morgan fingerprint density at radius 1 is 0.882 bits per heavy atom. The van der Waals surface area contributed by atoms with Crippen molar-refractivity contribution in [3.8, 4) is 0 Å².